The van der Waals surface area contributed by atoms with Crippen molar-refractivity contribution in [3.63, 3.8) is 0 Å². The molecule has 0 saturated heterocycles. The molecule has 0 atom stereocenters. The SMILES string of the molecule is CCCNC(=O)c1cc(N)ccc1C(F)(F)F. The van der Waals surface area contributed by atoms with Crippen LogP contribution in [0.25, 0.3) is 0 Å². The van der Waals surface area contributed by atoms with E-state index in [0.717, 1.165) is 18.2 Å². The van der Waals surface area contributed by atoms with E-state index in [1.807, 2.05) is 6.92 Å². The number of nitrogen functional groups attached to an aromatic ring is 1. The van der Waals surface area contributed by atoms with E-state index in [0.29, 0.717) is 13.0 Å². The largest absolute Gasteiger partial charge is 0.417 e. The molecule has 6 heteroatoms. The molecule has 0 unspecified atom stereocenters. The first-order chi connectivity index (χ1) is 7.86. The van der Waals surface area contributed by atoms with Gasteiger partial charge in [-0.2, -0.15) is 13.2 Å². The number of halogens is 3. The van der Waals surface area contributed by atoms with Crippen LogP contribution in [0.3, 0.4) is 0 Å². The zero-order valence-corrected chi connectivity index (χ0v) is 9.27. The molecule has 0 heterocycles. The van der Waals surface area contributed by atoms with E-state index in [-0.39, 0.29) is 5.69 Å². The van der Waals surface area contributed by atoms with Crippen LogP contribution in [0.4, 0.5) is 18.9 Å². The van der Waals surface area contributed by atoms with Gasteiger partial charge in [0.15, 0.2) is 0 Å². The van der Waals surface area contributed by atoms with Crippen LogP contribution < -0.4 is 11.1 Å². The average Bonchev–Trinajstić information content (AvgIpc) is 2.24. The highest BCUT2D eigenvalue weighted by Gasteiger charge is 2.35. The van der Waals surface area contributed by atoms with Crippen molar-refractivity contribution in [3.8, 4) is 0 Å². The number of nitrogens with two attached hydrogens (primary N) is 1. The highest BCUT2D eigenvalue weighted by Crippen LogP contribution is 2.32. The Morgan fingerprint density at radius 1 is 1.41 bits per heavy atom. The topological polar surface area (TPSA) is 55.1 Å². The van der Waals surface area contributed by atoms with Gasteiger partial charge in [0.1, 0.15) is 0 Å². The lowest BCUT2D eigenvalue weighted by molar-refractivity contribution is -0.137. The Morgan fingerprint density at radius 3 is 2.59 bits per heavy atom. The third-order valence-corrected chi connectivity index (χ3v) is 2.13. The quantitative estimate of drug-likeness (QED) is 0.805. The number of benzene rings is 1. The summed E-state index contributed by atoms with van der Waals surface area (Å²) in [4.78, 5) is 11.6. The predicted molar refractivity (Wildman–Crippen MR) is 58.5 cm³/mol. The van der Waals surface area contributed by atoms with Gasteiger partial charge in [-0.05, 0) is 24.6 Å². The minimum atomic E-state index is -4.56. The maximum Gasteiger partial charge on any atom is 0.417 e. The monoisotopic (exact) mass is 246 g/mol. The van der Waals surface area contributed by atoms with Crippen LogP contribution in [0.5, 0.6) is 0 Å². The lowest BCUT2D eigenvalue weighted by Crippen LogP contribution is -2.27. The Hall–Kier alpha value is -1.72. The van der Waals surface area contributed by atoms with Crippen molar-refractivity contribution in [1.29, 1.82) is 0 Å². The lowest BCUT2D eigenvalue weighted by atomic mass is 10.1. The van der Waals surface area contributed by atoms with E-state index < -0.39 is 23.2 Å². The molecular formula is C11H13F3N2O. The Balaban J connectivity index is 3.11. The smallest absolute Gasteiger partial charge is 0.399 e. The summed E-state index contributed by atoms with van der Waals surface area (Å²) in [6, 6.07) is 2.98. The van der Waals surface area contributed by atoms with Crippen LogP contribution in [-0.2, 0) is 6.18 Å². The number of hydrogen-bond donors (Lipinski definition) is 2. The molecule has 17 heavy (non-hydrogen) atoms. The second-order valence-electron chi connectivity index (χ2n) is 3.56. The van der Waals surface area contributed by atoms with E-state index in [2.05, 4.69) is 5.32 Å². The van der Waals surface area contributed by atoms with Gasteiger partial charge < -0.3 is 11.1 Å². The molecule has 3 N–H and O–H groups in total. The third kappa shape index (κ3) is 3.37. The Labute approximate surface area is 96.8 Å². The van der Waals surface area contributed by atoms with Gasteiger partial charge in [-0.1, -0.05) is 6.92 Å². The molecule has 1 amide bonds. The minimum Gasteiger partial charge on any atom is -0.399 e. The fraction of sp³-hybridized carbons (Fsp3) is 0.364. The van der Waals surface area contributed by atoms with Gasteiger partial charge in [-0.15, -0.1) is 0 Å². The Bertz CT molecular complexity index is 416. The molecule has 94 valence electrons. The van der Waals surface area contributed by atoms with Crippen LogP contribution >= 0.6 is 0 Å². The molecule has 0 radical (unpaired) electrons. The highest BCUT2D eigenvalue weighted by atomic mass is 19.4. The summed E-state index contributed by atoms with van der Waals surface area (Å²) < 4.78 is 37.9. The summed E-state index contributed by atoms with van der Waals surface area (Å²) >= 11 is 0. The summed E-state index contributed by atoms with van der Waals surface area (Å²) in [5.74, 6) is -0.758. The predicted octanol–water partition coefficient (Wildman–Crippen LogP) is 2.43. The zero-order chi connectivity index (χ0) is 13.1. The van der Waals surface area contributed by atoms with Crippen molar-refractivity contribution in [2.45, 2.75) is 19.5 Å². The number of hydrogen-bond acceptors (Lipinski definition) is 2. The van der Waals surface area contributed by atoms with Crippen LogP contribution in [0.2, 0.25) is 0 Å². The molecule has 0 spiro atoms. The summed E-state index contributed by atoms with van der Waals surface area (Å²) in [5, 5.41) is 2.39. The molecule has 0 bridgehead atoms. The molecule has 0 aliphatic heterocycles. The minimum absolute atomic E-state index is 0.125. The van der Waals surface area contributed by atoms with E-state index in [1.165, 1.54) is 0 Å². The van der Waals surface area contributed by atoms with Gasteiger partial charge in [0.2, 0.25) is 0 Å². The number of carbonyl (C=O) groups excluding carboxylic acids is 1. The first kappa shape index (κ1) is 13.3. The fourth-order valence-electron chi connectivity index (χ4n) is 1.33. The van der Waals surface area contributed by atoms with Crippen LogP contribution in [-0.4, -0.2) is 12.5 Å². The van der Waals surface area contributed by atoms with Gasteiger partial charge >= 0.3 is 6.18 Å². The van der Waals surface area contributed by atoms with Crippen LogP contribution in [0.15, 0.2) is 18.2 Å². The number of carbonyl (C=O) groups is 1. The van der Waals surface area contributed by atoms with E-state index in [4.69, 9.17) is 5.73 Å². The molecule has 1 rings (SSSR count). The second kappa shape index (κ2) is 5.07. The van der Waals surface area contributed by atoms with E-state index in [9.17, 15) is 18.0 Å². The maximum absolute atomic E-state index is 12.6. The maximum atomic E-state index is 12.6. The van der Waals surface area contributed by atoms with E-state index in [1.54, 1.807) is 0 Å². The first-order valence-corrected chi connectivity index (χ1v) is 5.11. The van der Waals surface area contributed by atoms with Gasteiger partial charge in [-0.3, -0.25) is 4.79 Å². The molecule has 1 aromatic carbocycles. The summed E-state index contributed by atoms with van der Waals surface area (Å²) in [7, 11) is 0. The highest BCUT2D eigenvalue weighted by molar-refractivity contribution is 5.96. The number of nitrogens with one attached hydrogen (secondary N) is 1. The van der Waals surface area contributed by atoms with Gasteiger partial charge in [0.05, 0.1) is 11.1 Å². The number of rotatable bonds is 3. The summed E-state index contributed by atoms with van der Waals surface area (Å²) in [5.41, 5.74) is 4.10. The van der Waals surface area contributed by atoms with Gasteiger partial charge in [-0.25, -0.2) is 0 Å². The lowest BCUT2D eigenvalue weighted by Gasteiger charge is -2.13. The molecule has 1 aromatic rings. The number of anilines is 1. The van der Waals surface area contributed by atoms with Crippen molar-refractivity contribution < 1.29 is 18.0 Å². The second-order valence-corrected chi connectivity index (χ2v) is 3.56. The normalized spacial score (nSPS) is 11.3. The third-order valence-electron chi connectivity index (χ3n) is 2.13. The molecule has 0 aliphatic carbocycles. The molecule has 0 saturated carbocycles. The molecule has 0 aromatic heterocycles. The number of amides is 1. The Kier molecular flexibility index (Phi) is 3.98. The summed E-state index contributed by atoms with van der Waals surface area (Å²) in [6.45, 7) is 2.13. The van der Waals surface area contributed by atoms with Crippen LogP contribution in [0.1, 0.15) is 29.3 Å². The zero-order valence-electron chi connectivity index (χ0n) is 9.27. The van der Waals surface area contributed by atoms with Gasteiger partial charge in [0.25, 0.3) is 5.91 Å². The average molecular weight is 246 g/mol. The van der Waals surface area contributed by atoms with Crippen molar-refractivity contribution >= 4 is 11.6 Å². The van der Waals surface area contributed by atoms with Crippen molar-refractivity contribution in [2.24, 2.45) is 0 Å². The van der Waals surface area contributed by atoms with Crippen molar-refractivity contribution in [3.05, 3.63) is 29.3 Å². The standard InChI is InChI=1S/C11H13F3N2O/c1-2-5-16-10(17)8-6-7(15)3-4-9(8)11(12,13)14/h3-4,6H,2,5,15H2,1H3,(H,16,17). The molecule has 0 fully saturated rings. The first-order valence-electron chi connectivity index (χ1n) is 5.11. The molecule has 3 nitrogen and oxygen atoms in total. The van der Waals surface area contributed by atoms with Crippen molar-refractivity contribution in [1.82, 2.24) is 5.32 Å². The Morgan fingerprint density at radius 2 is 2.06 bits per heavy atom. The van der Waals surface area contributed by atoms with E-state index >= 15 is 0 Å². The molecule has 0 aliphatic rings. The van der Waals surface area contributed by atoms with Crippen molar-refractivity contribution in [2.75, 3.05) is 12.3 Å². The molecular weight excluding hydrogens is 233 g/mol. The summed E-state index contributed by atoms with van der Waals surface area (Å²) in [6.07, 6.45) is -3.91. The number of alkyl halides is 3. The van der Waals surface area contributed by atoms with Gasteiger partial charge in [0, 0.05) is 12.2 Å². The fourth-order valence-corrected chi connectivity index (χ4v) is 1.33. The van der Waals surface area contributed by atoms with Crippen LogP contribution in [0, 0.1) is 0 Å².